The van der Waals surface area contributed by atoms with Gasteiger partial charge in [0.05, 0.1) is 6.04 Å². The summed E-state index contributed by atoms with van der Waals surface area (Å²) in [6.45, 7) is 0.628. The van der Waals surface area contributed by atoms with Crippen LogP contribution in [0.1, 0.15) is 18.0 Å². The Hall–Kier alpha value is -1.17. The second-order valence-corrected chi connectivity index (χ2v) is 3.01. The number of ether oxygens (including phenoxy) is 1. The van der Waals surface area contributed by atoms with Crippen molar-refractivity contribution >= 4 is 5.69 Å². The molecule has 1 aromatic heterocycles. The van der Waals surface area contributed by atoms with Crippen LogP contribution in [0.5, 0.6) is 0 Å². The van der Waals surface area contributed by atoms with Crippen molar-refractivity contribution in [2.45, 2.75) is 12.5 Å². The van der Waals surface area contributed by atoms with Crippen LogP contribution in [0.15, 0.2) is 18.5 Å². The fourth-order valence-corrected chi connectivity index (χ4v) is 1.27. The third-order valence-corrected chi connectivity index (χ3v) is 2.07. The monoisotopic (exact) mass is 196 g/mol. The van der Waals surface area contributed by atoms with E-state index in [2.05, 4.69) is 10.4 Å². The second kappa shape index (κ2) is 5.54. The number of nitrogen functional groups attached to an aromatic ring is 1. The second-order valence-electron chi connectivity index (χ2n) is 3.01. The number of nitrogens with two attached hydrogens (primary N) is 2. The minimum absolute atomic E-state index is 0.0105. The van der Waals surface area contributed by atoms with E-state index in [4.69, 9.17) is 16.3 Å². The summed E-state index contributed by atoms with van der Waals surface area (Å²) >= 11 is 0. The van der Waals surface area contributed by atoms with Crippen LogP contribution in [-0.4, -0.2) is 18.7 Å². The Kier molecular flexibility index (Phi) is 4.31. The Bertz CT molecular complexity index is 279. The Morgan fingerprint density at radius 2 is 2.43 bits per heavy atom. The van der Waals surface area contributed by atoms with Crippen molar-refractivity contribution in [3.05, 3.63) is 24.0 Å². The highest BCUT2D eigenvalue weighted by Gasteiger charge is 2.11. The molecule has 0 aliphatic rings. The number of anilines is 1. The molecule has 14 heavy (non-hydrogen) atoms. The van der Waals surface area contributed by atoms with Crippen LogP contribution >= 0.6 is 0 Å². The molecule has 0 saturated carbocycles. The van der Waals surface area contributed by atoms with Crippen LogP contribution in [0, 0.1) is 0 Å². The molecule has 1 heterocycles. The number of pyridine rings is 1. The molecule has 1 unspecified atom stereocenters. The minimum atomic E-state index is -0.0105. The van der Waals surface area contributed by atoms with E-state index in [0.29, 0.717) is 12.3 Å². The van der Waals surface area contributed by atoms with Crippen LogP contribution in [0.4, 0.5) is 5.69 Å². The van der Waals surface area contributed by atoms with Crippen molar-refractivity contribution in [2.75, 3.05) is 19.5 Å². The van der Waals surface area contributed by atoms with Crippen LogP contribution in [0.3, 0.4) is 0 Å². The van der Waals surface area contributed by atoms with Gasteiger partial charge in [-0.2, -0.15) is 0 Å². The quantitative estimate of drug-likeness (QED) is 0.463. The van der Waals surface area contributed by atoms with Gasteiger partial charge in [0.2, 0.25) is 0 Å². The lowest BCUT2D eigenvalue weighted by Crippen LogP contribution is -2.29. The zero-order valence-electron chi connectivity index (χ0n) is 8.23. The van der Waals surface area contributed by atoms with E-state index in [9.17, 15) is 0 Å². The highest BCUT2D eigenvalue weighted by atomic mass is 16.5. The number of rotatable bonds is 5. The van der Waals surface area contributed by atoms with Gasteiger partial charge >= 0.3 is 0 Å². The molecule has 0 amide bonds. The molecule has 0 bridgehead atoms. The number of nitrogens with one attached hydrogen (secondary N) is 1. The van der Waals surface area contributed by atoms with E-state index in [1.807, 2.05) is 0 Å². The molecular weight excluding hydrogens is 180 g/mol. The number of methoxy groups -OCH3 is 1. The fraction of sp³-hybridized carbons (Fsp3) is 0.444. The van der Waals surface area contributed by atoms with Crippen molar-refractivity contribution in [1.82, 2.24) is 10.4 Å². The summed E-state index contributed by atoms with van der Waals surface area (Å²) in [6, 6.07) is 1.75. The van der Waals surface area contributed by atoms with Crippen molar-refractivity contribution < 1.29 is 4.74 Å². The third-order valence-electron chi connectivity index (χ3n) is 2.07. The van der Waals surface area contributed by atoms with Gasteiger partial charge in [-0.3, -0.25) is 16.3 Å². The Morgan fingerprint density at radius 1 is 1.64 bits per heavy atom. The summed E-state index contributed by atoms with van der Waals surface area (Å²) in [5.74, 6) is 5.43. The number of hydrogen-bond donors (Lipinski definition) is 3. The Balaban J connectivity index is 2.73. The summed E-state index contributed by atoms with van der Waals surface area (Å²) in [6.07, 6.45) is 4.14. The molecule has 5 nitrogen and oxygen atoms in total. The molecule has 0 aliphatic carbocycles. The number of nitrogens with zero attached hydrogens (tertiary/aromatic N) is 1. The van der Waals surface area contributed by atoms with Gasteiger partial charge < -0.3 is 10.5 Å². The number of aromatic nitrogens is 1. The smallest absolute Gasteiger partial charge is 0.0517 e. The van der Waals surface area contributed by atoms with Gasteiger partial charge in [-0.05, 0) is 12.5 Å². The van der Waals surface area contributed by atoms with Gasteiger partial charge in [-0.1, -0.05) is 0 Å². The van der Waals surface area contributed by atoms with E-state index in [1.54, 1.807) is 25.6 Å². The fourth-order valence-electron chi connectivity index (χ4n) is 1.27. The molecule has 0 aromatic carbocycles. The van der Waals surface area contributed by atoms with Crippen LogP contribution in [0.2, 0.25) is 0 Å². The highest BCUT2D eigenvalue weighted by molar-refractivity contribution is 5.46. The molecule has 1 aromatic rings. The zero-order chi connectivity index (χ0) is 10.4. The topological polar surface area (TPSA) is 86.2 Å². The van der Waals surface area contributed by atoms with E-state index in [-0.39, 0.29) is 6.04 Å². The third kappa shape index (κ3) is 2.66. The molecule has 0 aliphatic heterocycles. The Morgan fingerprint density at radius 3 is 3.00 bits per heavy atom. The van der Waals surface area contributed by atoms with Crippen LogP contribution in [0.25, 0.3) is 0 Å². The molecule has 1 rings (SSSR count). The van der Waals surface area contributed by atoms with Gasteiger partial charge in [0.1, 0.15) is 0 Å². The molecule has 0 fully saturated rings. The summed E-state index contributed by atoms with van der Waals surface area (Å²) in [5.41, 5.74) is 10.1. The van der Waals surface area contributed by atoms with Gasteiger partial charge in [0.25, 0.3) is 0 Å². The summed E-state index contributed by atoms with van der Waals surface area (Å²) in [7, 11) is 1.65. The van der Waals surface area contributed by atoms with Crippen LogP contribution in [-0.2, 0) is 4.74 Å². The first-order valence-corrected chi connectivity index (χ1v) is 4.44. The van der Waals surface area contributed by atoms with Gasteiger partial charge in [-0.15, -0.1) is 0 Å². The molecule has 0 spiro atoms. The Labute approximate surface area is 83.4 Å². The maximum absolute atomic E-state index is 5.79. The molecule has 0 saturated heterocycles. The van der Waals surface area contributed by atoms with Crippen molar-refractivity contribution in [2.24, 2.45) is 5.84 Å². The number of hydrogen-bond acceptors (Lipinski definition) is 5. The van der Waals surface area contributed by atoms with Crippen molar-refractivity contribution in [3.63, 3.8) is 0 Å². The van der Waals surface area contributed by atoms with E-state index >= 15 is 0 Å². The first-order valence-electron chi connectivity index (χ1n) is 4.44. The lowest BCUT2D eigenvalue weighted by molar-refractivity contribution is 0.183. The molecule has 1 atom stereocenters. The van der Waals surface area contributed by atoms with E-state index in [0.717, 1.165) is 12.0 Å². The maximum Gasteiger partial charge on any atom is 0.0517 e. The molecule has 5 heteroatoms. The van der Waals surface area contributed by atoms with Gasteiger partial charge in [0.15, 0.2) is 0 Å². The summed E-state index contributed by atoms with van der Waals surface area (Å²) in [5, 5.41) is 0. The summed E-state index contributed by atoms with van der Waals surface area (Å²) < 4.78 is 4.98. The van der Waals surface area contributed by atoms with Crippen LogP contribution < -0.4 is 17.0 Å². The lowest BCUT2D eigenvalue weighted by atomic mass is 10.1. The predicted molar refractivity (Wildman–Crippen MR) is 55.2 cm³/mol. The number of hydrazine groups is 1. The normalized spacial score (nSPS) is 12.7. The molecule has 78 valence electrons. The first kappa shape index (κ1) is 10.9. The minimum Gasteiger partial charge on any atom is -0.398 e. The zero-order valence-corrected chi connectivity index (χ0v) is 8.23. The standard InChI is InChI=1S/C9H16N4O/c1-14-5-3-9(13-11)7-6-12-4-2-8(7)10/h2,4,6,9,13H,3,5,11H2,1H3,(H2,10,12). The van der Waals surface area contributed by atoms with Crippen molar-refractivity contribution in [1.29, 1.82) is 0 Å². The predicted octanol–water partition coefficient (Wildman–Crippen LogP) is 0.205. The highest BCUT2D eigenvalue weighted by Crippen LogP contribution is 2.20. The average Bonchev–Trinajstić information content (AvgIpc) is 2.21. The summed E-state index contributed by atoms with van der Waals surface area (Å²) in [4.78, 5) is 4.01. The van der Waals surface area contributed by atoms with Crippen molar-refractivity contribution in [3.8, 4) is 0 Å². The van der Waals surface area contributed by atoms with E-state index < -0.39 is 0 Å². The SMILES string of the molecule is COCCC(NN)c1cnccc1N. The molecule has 5 N–H and O–H groups in total. The largest absolute Gasteiger partial charge is 0.398 e. The molecular formula is C9H16N4O. The van der Waals surface area contributed by atoms with E-state index in [1.165, 1.54) is 0 Å². The van der Waals surface area contributed by atoms with Gasteiger partial charge in [0, 0.05) is 37.4 Å². The molecule has 0 radical (unpaired) electrons. The maximum atomic E-state index is 5.79. The lowest BCUT2D eigenvalue weighted by Gasteiger charge is -2.16. The first-order chi connectivity index (χ1) is 6.79. The van der Waals surface area contributed by atoms with Gasteiger partial charge in [-0.25, -0.2) is 0 Å². The average molecular weight is 196 g/mol.